The lowest BCUT2D eigenvalue weighted by atomic mass is 10.0. The summed E-state index contributed by atoms with van der Waals surface area (Å²) >= 11 is 0. The Morgan fingerprint density at radius 1 is 1.57 bits per heavy atom. The molecule has 1 fully saturated rings. The molecule has 0 radical (unpaired) electrons. The number of hydrogen-bond donors (Lipinski definition) is 2. The summed E-state index contributed by atoms with van der Waals surface area (Å²) < 4.78 is 32.7. The van der Waals surface area contributed by atoms with Crippen molar-refractivity contribution >= 4 is 10.1 Å². The predicted molar refractivity (Wildman–Crippen MR) is 71.3 cm³/mol. The fourth-order valence-corrected chi connectivity index (χ4v) is 2.63. The van der Waals surface area contributed by atoms with Crippen molar-refractivity contribution in [2.75, 3.05) is 12.9 Å². The molecular weight excluding hydrogens is 304 g/mol. The fourth-order valence-electron chi connectivity index (χ4n) is 2.23. The number of ether oxygens (including phenoxy) is 1. The first-order valence-electron chi connectivity index (χ1n) is 6.13. The van der Waals surface area contributed by atoms with Gasteiger partial charge in [-0.3, -0.25) is 8.98 Å². The maximum atomic E-state index is 11.8. The van der Waals surface area contributed by atoms with Crippen LogP contribution in [0.5, 0.6) is 0 Å². The quantitative estimate of drug-likeness (QED) is 0.650. The zero-order valence-electron chi connectivity index (χ0n) is 11.5. The normalized spacial score (nSPS) is 29.7. The second-order valence-electron chi connectivity index (χ2n) is 5.15. The monoisotopic (exact) mass is 320 g/mol. The van der Waals surface area contributed by atoms with Crippen LogP contribution < -0.4 is 11.2 Å². The summed E-state index contributed by atoms with van der Waals surface area (Å²) in [6.07, 6.45) is 0.127. The number of hydrogen-bond acceptors (Lipinski definition) is 7. The molecule has 2 rings (SSSR count). The van der Waals surface area contributed by atoms with E-state index in [4.69, 9.17) is 4.74 Å². The first kappa shape index (κ1) is 15.9. The Balaban J connectivity index is 2.26. The highest BCUT2D eigenvalue weighted by Crippen LogP contribution is 2.36. The Morgan fingerprint density at radius 3 is 2.81 bits per heavy atom. The molecule has 10 heteroatoms. The highest BCUT2D eigenvalue weighted by atomic mass is 32.2. The van der Waals surface area contributed by atoms with Gasteiger partial charge in [-0.15, -0.1) is 0 Å². The molecule has 1 aliphatic heterocycles. The first-order valence-corrected chi connectivity index (χ1v) is 7.94. The maximum Gasteiger partial charge on any atom is 0.330 e. The van der Waals surface area contributed by atoms with Gasteiger partial charge in [0.15, 0.2) is 6.23 Å². The van der Waals surface area contributed by atoms with Crippen LogP contribution in [0.3, 0.4) is 0 Å². The molecule has 1 aromatic heterocycles. The zero-order chi connectivity index (χ0) is 15.8. The van der Waals surface area contributed by atoms with Gasteiger partial charge in [0.2, 0.25) is 0 Å². The van der Waals surface area contributed by atoms with Crippen LogP contribution in [0.4, 0.5) is 0 Å². The van der Waals surface area contributed by atoms with Crippen LogP contribution in [0.25, 0.3) is 0 Å². The molecule has 0 unspecified atom stereocenters. The van der Waals surface area contributed by atoms with Crippen molar-refractivity contribution in [3.8, 4) is 0 Å². The summed E-state index contributed by atoms with van der Waals surface area (Å²) in [4.78, 5) is 25.8. The zero-order valence-corrected chi connectivity index (χ0v) is 12.3. The van der Waals surface area contributed by atoms with E-state index in [1.54, 1.807) is 0 Å². The van der Waals surface area contributed by atoms with E-state index in [1.165, 1.54) is 13.1 Å². The van der Waals surface area contributed by atoms with E-state index >= 15 is 0 Å². The molecule has 118 valence electrons. The summed E-state index contributed by atoms with van der Waals surface area (Å²) in [5.74, 6) is 0. The van der Waals surface area contributed by atoms with Crippen LogP contribution in [-0.4, -0.2) is 47.6 Å². The van der Waals surface area contributed by atoms with Crippen LogP contribution in [-0.2, 0) is 19.0 Å². The van der Waals surface area contributed by atoms with E-state index in [0.717, 1.165) is 16.9 Å². The van der Waals surface area contributed by atoms with E-state index in [2.05, 4.69) is 9.17 Å². The van der Waals surface area contributed by atoms with Gasteiger partial charge >= 0.3 is 5.69 Å². The lowest BCUT2D eigenvalue weighted by molar-refractivity contribution is -0.0896. The number of H-pyrrole nitrogens is 1. The van der Waals surface area contributed by atoms with E-state index < -0.39 is 39.3 Å². The molecule has 9 nitrogen and oxygen atoms in total. The van der Waals surface area contributed by atoms with Gasteiger partial charge in [-0.2, -0.15) is 8.42 Å². The Hall–Kier alpha value is -1.49. The summed E-state index contributed by atoms with van der Waals surface area (Å²) in [5, 5.41) is 10.3. The molecule has 1 saturated heterocycles. The molecule has 2 N–H and O–H groups in total. The number of aromatic amines is 1. The second kappa shape index (κ2) is 5.37. The number of aromatic nitrogens is 2. The third-order valence-electron chi connectivity index (χ3n) is 3.09. The number of rotatable bonds is 4. The topological polar surface area (TPSA) is 128 Å². The molecule has 0 bridgehead atoms. The lowest BCUT2D eigenvalue weighted by Gasteiger charge is -2.24. The van der Waals surface area contributed by atoms with Crippen LogP contribution in [0.15, 0.2) is 21.9 Å². The third kappa shape index (κ3) is 3.59. The molecule has 0 saturated carbocycles. The minimum atomic E-state index is -3.65. The molecule has 1 aromatic rings. The fraction of sp³-hybridized carbons (Fsp3) is 0.636. The van der Waals surface area contributed by atoms with Crippen molar-refractivity contribution in [1.82, 2.24) is 9.55 Å². The summed E-state index contributed by atoms with van der Waals surface area (Å²) in [6, 6.07) is 1.13. The van der Waals surface area contributed by atoms with Gasteiger partial charge in [0, 0.05) is 18.7 Å². The molecule has 21 heavy (non-hydrogen) atoms. The van der Waals surface area contributed by atoms with Gasteiger partial charge in [-0.05, 0) is 6.92 Å². The van der Waals surface area contributed by atoms with E-state index in [1.807, 2.05) is 0 Å². The lowest BCUT2D eigenvalue weighted by Crippen LogP contribution is -2.44. The molecule has 0 aromatic carbocycles. The highest BCUT2D eigenvalue weighted by Gasteiger charge is 2.46. The molecule has 1 aliphatic rings. The maximum absolute atomic E-state index is 11.8. The second-order valence-corrected chi connectivity index (χ2v) is 6.80. The Morgan fingerprint density at radius 2 is 2.24 bits per heavy atom. The van der Waals surface area contributed by atoms with Gasteiger partial charge in [-0.25, -0.2) is 9.36 Å². The molecule has 0 spiro atoms. The number of aliphatic hydroxyl groups is 1. The van der Waals surface area contributed by atoms with Gasteiger partial charge < -0.3 is 14.8 Å². The van der Waals surface area contributed by atoms with E-state index in [-0.39, 0.29) is 13.0 Å². The third-order valence-corrected chi connectivity index (χ3v) is 3.65. The van der Waals surface area contributed by atoms with Crippen molar-refractivity contribution in [3.63, 3.8) is 0 Å². The van der Waals surface area contributed by atoms with Crippen molar-refractivity contribution in [3.05, 3.63) is 33.1 Å². The van der Waals surface area contributed by atoms with Gasteiger partial charge in [0.1, 0.15) is 5.60 Å². The Labute approximate surface area is 120 Å². The smallest absolute Gasteiger partial charge is 0.330 e. The van der Waals surface area contributed by atoms with Crippen LogP contribution in [0.2, 0.25) is 0 Å². The molecule has 0 amide bonds. The minimum absolute atomic E-state index is 0.0218. The Kier molecular flexibility index (Phi) is 4.06. The SMILES string of the molecule is C[C@]1(O)C[C@H](COS(C)(=O)=O)O[C@H]1n1c(=O)cc[nH]c1=O. The standard InChI is InChI=1S/C11H16N2O7S/c1-11(16)5-7(6-19-21(2,17)18)20-9(11)13-8(14)3-4-12-10(13)15/h3-4,7,9,16H,5-6H2,1-2H3,(H,12,15)/t7-,9-,11+/m1/s1. The molecule has 3 atom stereocenters. The highest BCUT2D eigenvalue weighted by molar-refractivity contribution is 7.85. The average Bonchev–Trinajstić information content (AvgIpc) is 2.61. The molecule has 0 aliphatic carbocycles. The molecular formula is C11H16N2O7S. The first-order chi connectivity index (χ1) is 9.60. The van der Waals surface area contributed by atoms with Crippen LogP contribution >= 0.6 is 0 Å². The van der Waals surface area contributed by atoms with Crippen LogP contribution in [0.1, 0.15) is 19.6 Å². The summed E-state index contributed by atoms with van der Waals surface area (Å²) in [7, 11) is -3.65. The minimum Gasteiger partial charge on any atom is -0.385 e. The largest absolute Gasteiger partial charge is 0.385 e. The van der Waals surface area contributed by atoms with E-state index in [0.29, 0.717) is 0 Å². The predicted octanol–water partition coefficient (Wildman–Crippen LogP) is -1.45. The van der Waals surface area contributed by atoms with Crippen molar-refractivity contribution < 1.29 is 22.4 Å². The Bertz CT molecular complexity index is 705. The van der Waals surface area contributed by atoms with Crippen molar-refractivity contribution in [2.24, 2.45) is 0 Å². The average molecular weight is 320 g/mol. The molecule has 2 heterocycles. The van der Waals surface area contributed by atoms with Gasteiger partial charge in [-0.1, -0.05) is 0 Å². The van der Waals surface area contributed by atoms with Crippen molar-refractivity contribution in [1.29, 1.82) is 0 Å². The van der Waals surface area contributed by atoms with Gasteiger partial charge in [0.05, 0.1) is 19.0 Å². The van der Waals surface area contributed by atoms with Gasteiger partial charge in [0.25, 0.3) is 15.7 Å². The van der Waals surface area contributed by atoms with Crippen LogP contribution in [0, 0.1) is 0 Å². The summed E-state index contributed by atoms with van der Waals surface area (Å²) in [6.45, 7) is 1.10. The van der Waals surface area contributed by atoms with E-state index in [9.17, 15) is 23.1 Å². The number of nitrogens with zero attached hydrogens (tertiary/aromatic N) is 1. The van der Waals surface area contributed by atoms with Crippen molar-refractivity contribution in [2.45, 2.75) is 31.3 Å². The summed E-state index contributed by atoms with van der Waals surface area (Å²) in [5.41, 5.74) is -2.87. The number of nitrogens with one attached hydrogen (secondary N) is 1.